The second-order valence-corrected chi connectivity index (χ2v) is 6.80. The molecule has 2 aromatic rings. The second kappa shape index (κ2) is 7.95. The number of carbonyl (C=O) groups is 2. The van der Waals surface area contributed by atoms with Gasteiger partial charge in [-0.3, -0.25) is 9.59 Å². The van der Waals surface area contributed by atoms with Crippen molar-refractivity contribution in [3.05, 3.63) is 65.7 Å². The Bertz CT molecular complexity index is 798. The van der Waals surface area contributed by atoms with Gasteiger partial charge in [-0.2, -0.15) is 5.10 Å². The molecule has 1 aliphatic rings. The lowest BCUT2D eigenvalue weighted by molar-refractivity contribution is -0.126. The lowest BCUT2D eigenvalue weighted by atomic mass is 10.0. The topological polar surface area (TPSA) is 61.8 Å². The van der Waals surface area contributed by atoms with E-state index in [-0.39, 0.29) is 24.2 Å². The fourth-order valence-corrected chi connectivity index (χ4v) is 2.97. The molecule has 1 atom stereocenters. The number of para-hydroxylation sites is 1. The summed E-state index contributed by atoms with van der Waals surface area (Å²) in [5.41, 5.74) is 5.56. The Morgan fingerprint density at radius 2 is 1.85 bits per heavy atom. The molecule has 2 amide bonds. The Hall–Kier alpha value is -2.95. The number of carbonyl (C=O) groups excluding carboxylic acids is 2. The van der Waals surface area contributed by atoms with Crippen LogP contribution >= 0.6 is 0 Å². The first-order valence-corrected chi connectivity index (χ1v) is 8.83. The number of hydrogen-bond donors (Lipinski definition) is 1. The first kappa shape index (κ1) is 17.9. The summed E-state index contributed by atoms with van der Waals surface area (Å²) in [5, 5.41) is 4.03. The minimum Gasteiger partial charge on any atom is -0.312 e. The molecule has 134 valence electrons. The number of nitrogens with zero attached hydrogens (tertiary/aromatic N) is 2. The minimum absolute atomic E-state index is 0.0374. The van der Waals surface area contributed by atoms with Gasteiger partial charge in [-0.1, -0.05) is 56.3 Å². The number of amides is 2. The summed E-state index contributed by atoms with van der Waals surface area (Å²) in [6.45, 7) is 4.67. The van der Waals surface area contributed by atoms with Crippen molar-refractivity contribution in [1.82, 2.24) is 5.43 Å². The third kappa shape index (κ3) is 4.17. The first-order chi connectivity index (χ1) is 12.5. The molecule has 3 rings (SSSR count). The molecule has 1 aliphatic heterocycles. The molecular weight excluding hydrogens is 326 g/mol. The molecule has 0 spiro atoms. The number of hydrazone groups is 1. The highest BCUT2D eigenvalue weighted by atomic mass is 16.2. The van der Waals surface area contributed by atoms with Gasteiger partial charge in [0.15, 0.2) is 0 Å². The molecule has 0 bridgehead atoms. The van der Waals surface area contributed by atoms with E-state index >= 15 is 0 Å². The summed E-state index contributed by atoms with van der Waals surface area (Å²) < 4.78 is 0. The highest BCUT2D eigenvalue weighted by Crippen LogP contribution is 2.24. The molecule has 0 aromatic heterocycles. The molecule has 1 fully saturated rings. The van der Waals surface area contributed by atoms with Crippen molar-refractivity contribution in [3.63, 3.8) is 0 Å². The van der Waals surface area contributed by atoms with Gasteiger partial charge in [-0.05, 0) is 29.2 Å². The van der Waals surface area contributed by atoms with Crippen LogP contribution in [0, 0.1) is 5.92 Å². The zero-order valence-electron chi connectivity index (χ0n) is 15.1. The van der Waals surface area contributed by atoms with Gasteiger partial charge in [0, 0.05) is 18.7 Å². The predicted octanol–water partition coefficient (Wildman–Crippen LogP) is 3.31. The number of hydrogen-bond acceptors (Lipinski definition) is 3. The van der Waals surface area contributed by atoms with Gasteiger partial charge in [-0.25, -0.2) is 5.43 Å². The van der Waals surface area contributed by atoms with Crippen LogP contribution in [0.1, 0.15) is 37.3 Å². The normalized spacial score (nSPS) is 17.3. The van der Waals surface area contributed by atoms with Gasteiger partial charge >= 0.3 is 0 Å². The molecule has 5 heteroatoms. The molecule has 0 radical (unpaired) electrons. The van der Waals surface area contributed by atoms with E-state index in [1.165, 1.54) is 5.56 Å². The minimum atomic E-state index is -0.386. The lowest BCUT2D eigenvalue weighted by Gasteiger charge is -2.16. The van der Waals surface area contributed by atoms with Crippen LogP contribution in [0.2, 0.25) is 0 Å². The molecule has 0 unspecified atom stereocenters. The van der Waals surface area contributed by atoms with Crippen molar-refractivity contribution in [1.29, 1.82) is 0 Å². The molecular formula is C21H23N3O2. The average Bonchev–Trinajstić information content (AvgIpc) is 3.04. The van der Waals surface area contributed by atoms with Crippen LogP contribution in [0.25, 0.3) is 0 Å². The zero-order valence-corrected chi connectivity index (χ0v) is 15.1. The number of rotatable bonds is 5. The maximum absolute atomic E-state index is 12.3. The summed E-state index contributed by atoms with van der Waals surface area (Å²) in [7, 11) is 0. The van der Waals surface area contributed by atoms with E-state index in [2.05, 4.69) is 36.5 Å². The Kier molecular flexibility index (Phi) is 5.46. The van der Waals surface area contributed by atoms with Gasteiger partial charge in [0.1, 0.15) is 0 Å². The number of anilines is 1. The predicted molar refractivity (Wildman–Crippen MR) is 103 cm³/mol. The highest BCUT2D eigenvalue weighted by molar-refractivity contribution is 6.00. The summed E-state index contributed by atoms with van der Waals surface area (Å²) in [5.74, 6) is -0.173. The molecule has 0 saturated carbocycles. The van der Waals surface area contributed by atoms with Crippen LogP contribution in [0.3, 0.4) is 0 Å². The summed E-state index contributed by atoms with van der Waals surface area (Å²) in [6.07, 6.45) is 1.83. The largest absolute Gasteiger partial charge is 0.312 e. The summed E-state index contributed by atoms with van der Waals surface area (Å²) in [6, 6.07) is 17.5. The van der Waals surface area contributed by atoms with Gasteiger partial charge in [0.2, 0.25) is 11.8 Å². The standard InChI is InChI=1S/C21H23N3O2/c1-15(2)17-10-8-16(9-11-17)13-22-23-21(26)18-12-20(25)24(14-18)19-6-4-3-5-7-19/h3-11,13,15,18H,12,14H2,1-2H3,(H,23,26)/b22-13-/t18-/m1/s1. The smallest absolute Gasteiger partial charge is 0.245 e. The quantitative estimate of drug-likeness (QED) is 0.665. The van der Waals surface area contributed by atoms with E-state index in [9.17, 15) is 9.59 Å². The molecule has 1 saturated heterocycles. The van der Waals surface area contributed by atoms with E-state index in [1.807, 2.05) is 42.5 Å². The van der Waals surface area contributed by atoms with E-state index in [1.54, 1.807) is 11.1 Å². The van der Waals surface area contributed by atoms with E-state index in [0.29, 0.717) is 12.5 Å². The Morgan fingerprint density at radius 1 is 1.15 bits per heavy atom. The van der Waals surface area contributed by atoms with Crippen LogP contribution in [-0.4, -0.2) is 24.6 Å². The van der Waals surface area contributed by atoms with Gasteiger partial charge < -0.3 is 4.90 Å². The van der Waals surface area contributed by atoms with Crippen molar-refractivity contribution in [2.75, 3.05) is 11.4 Å². The maximum atomic E-state index is 12.3. The van der Waals surface area contributed by atoms with Gasteiger partial charge in [0.05, 0.1) is 12.1 Å². The Balaban J connectivity index is 1.56. The molecule has 26 heavy (non-hydrogen) atoms. The van der Waals surface area contributed by atoms with Gasteiger partial charge in [-0.15, -0.1) is 0 Å². The van der Waals surface area contributed by atoms with Crippen LogP contribution in [0.5, 0.6) is 0 Å². The van der Waals surface area contributed by atoms with E-state index < -0.39 is 0 Å². The van der Waals surface area contributed by atoms with Crippen molar-refractivity contribution >= 4 is 23.7 Å². The zero-order chi connectivity index (χ0) is 18.5. The highest BCUT2D eigenvalue weighted by Gasteiger charge is 2.34. The van der Waals surface area contributed by atoms with Crippen LogP contribution in [0.15, 0.2) is 59.7 Å². The SMILES string of the molecule is CC(C)c1ccc(/C=N\NC(=O)[C@@H]2CC(=O)N(c3ccccc3)C2)cc1. The molecule has 0 aliphatic carbocycles. The lowest BCUT2D eigenvalue weighted by Crippen LogP contribution is -2.30. The average molecular weight is 349 g/mol. The van der Waals surface area contributed by atoms with Crippen molar-refractivity contribution < 1.29 is 9.59 Å². The third-order valence-corrected chi connectivity index (χ3v) is 4.56. The molecule has 1 N–H and O–H groups in total. The fourth-order valence-electron chi connectivity index (χ4n) is 2.97. The third-order valence-electron chi connectivity index (χ3n) is 4.56. The van der Waals surface area contributed by atoms with E-state index in [4.69, 9.17) is 0 Å². The first-order valence-electron chi connectivity index (χ1n) is 8.83. The van der Waals surface area contributed by atoms with Crippen molar-refractivity contribution in [2.24, 2.45) is 11.0 Å². The van der Waals surface area contributed by atoms with Crippen LogP contribution < -0.4 is 10.3 Å². The van der Waals surface area contributed by atoms with E-state index in [0.717, 1.165) is 11.3 Å². The van der Waals surface area contributed by atoms with Crippen molar-refractivity contribution in [2.45, 2.75) is 26.2 Å². The molecule has 5 nitrogen and oxygen atoms in total. The number of nitrogens with one attached hydrogen (secondary N) is 1. The van der Waals surface area contributed by atoms with Gasteiger partial charge in [0.25, 0.3) is 0 Å². The number of benzene rings is 2. The van der Waals surface area contributed by atoms with Crippen LogP contribution in [-0.2, 0) is 9.59 Å². The Morgan fingerprint density at radius 3 is 2.50 bits per heavy atom. The molecule has 2 aromatic carbocycles. The summed E-state index contributed by atoms with van der Waals surface area (Å²) in [4.78, 5) is 26.1. The summed E-state index contributed by atoms with van der Waals surface area (Å²) >= 11 is 0. The monoisotopic (exact) mass is 349 g/mol. The maximum Gasteiger partial charge on any atom is 0.245 e. The molecule has 1 heterocycles. The Labute approximate surface area is 153 Å². The van der Waals surface area contributed by atoms with Crippen molar-refractivity contribution in [3.8, 4) is 0 Å². The fraction of sp³-hybridized carbons (Fsp3) is 0.286. The van der Waals surface area contributed by atoms with Crippen LogP contribution in [0.4, 0.5) is 5.69 Å². The second-order valence-electron chi connectivity index (χ2n) is 6.80.